The zero-order valence-corrected chi connectivity index (χ0v) is 15.5. The van der Waals surface area contributed by atoms with Gasteiger partial charge in [0, 0.05) is 24.4 Å². The first-order valence-corrected chi connectivity index (χ1v) is 9.01. The molecule has 0 saturated heterocycles. The molecule has 4 rings (SSSR count). The fourth-order valence-corrected chi connectivity index (χ4v) is 3.46. The molecule has 0 unspecified atom stereocenters. The summed E-state index contributed by atoms with van der Waals surface area (Å²) in [6.45, 7) is 0. The molecule has 0 aliphatic heterocycles. The van der Waals surface area contributed by atoms with Crippen molar-refractivity contribution in [3.05, 3.63) is 80.0 Å². The fraction of sp³-hybridized carbons (Fsp3) is 0.250. The predicted octanol–water partition coefficient (Wildman–Crippen LogP) is 3.18. The second kappa shape index (κ2) is 6.91. The average Bonchev–Trinajstić information content (AvgIpc) is 3.17. The molecule has 1 aliphatic carbocycles. The van der Waals surface area contributed by atoms with Crippen LogP contribution in [0.4, 0.5) is 24.7 Å². The average molecular weight is 402 g/mol. The van der Waals surface area contributed by atoms with Gasteiger partial charge in [0.2, 0.25) is 0 Å². The van der Waals surface area contributed by atoms with E-state index < -0.39 is 11.7 Å². The summed E-state index contributed by atoms with van der Waals surface area (Å²) in [6.07, 6.45) is -0.881. The van der Waals surface area contributed by atoms with Crippen molar-refractivity contribution in [2.24, 2.45) is 7.05 Å². The molecule has 1 N–H and O–H groups in total. The van der Waals surface area contributed by atoms with Gasteiger partial charge in [-0.3, -0.25) is 9.59 Å². The van der Waals surface area contributed by atoms with Gasteiger partial charge in [0.25, 0.3) is 11.1 Å². The molecule has 1 aliphatic rings. The van der Waals surface area contributed by atoms with Crippen molar-refractivity contribution in [2.75, 3.05) is 5.32 Å². The molecular weight excluding hydrogens is 385 g/mol. The lowest BCUT2D eigenvalue weighted by Gasteiger charge is -2.14. The van der Waals surface area contributed by atoms with E-state index in [4.69, 9.17) is 0 Å². The molecule has 3 aromatic rings. The highest BCUT2D eigenvalue weighted by Gasteiger charge is 2.30. The molecule has 9 heteroatoms. The van der Waals surface area contributed by atoms with E-state index in [0.717, 1.165) is 28.8 Å². The van der Waals surface area contributed by atoms with E-state index >= 15 is 0 Å². The normalized spacial score (nSPS) is 13.4. The monoisotopic (exact) mass is 402 g/mol. The van der Waals surface area contributed by atoms with Gasteiger partial charge in [-0.25, -0.2) is 0 Å². The number of anilines is 2. The number of nitrogens with zero attached hydrogens (tertiary/aromatic N) is 3. The molecule has 1 aromatic carbocycles. The number of hydrogen-bond acceptors (Lipinski definition) is 4. The van der Waals surface area contributed by atoms with Crippen LogP contribution >= 0.6 is 0 Å². The fourth-order valence-electron chi connectivity index (χ4n) is 3.46. The summed E-state index contributed by atoms with van der Waals surface area (Å²) in [7, 11) is 1.62. The third kappa shape index (κ3) is 3.43. The standard InChI is InChI=1S/C20H17F3N4O2/c1-26-11-3-6-16(19(26)29)24-17-14-4-2-5-15(14)18(28)27(25-17)13-9-7-12(8-10-13)20(21,22)23/h3,6-11H,2,4-5H2,1H3,(H,24,25). The molecule has 0 fully saturated rings. The van der Waals surface area contributed by atoms with Gasteiger partial charge in [0.1, 0.15) is 5.69 Å². The maximum absolute atomic E-state index is 12.9. The number of alkyl halides is 3. The predicted molar refractivity (Wildman–Crippen MR) is 102 cm³/mol. The Morgan fingerprint density at radius 1 is 1.00 bits per heavy atom. The van der Waals surface area contributed by atoms with Gasteiger partial charge in [-0.15, -0.1) is 5.10 Å². The highest BCUT2D eigenvalue weighted by Crippen LogP contribution is 2.30. The molecule has 0 amide bonds. The minimum atomic E-state index is -4.46. The van der Waals surface area contributed by atoms with Crippen molar-refractivity contribution in [3.8, 4) is 5.69 Å². The Morgan fingerprint density at radius 3 is 2.38 bits per heavy atom. The minimum absolute atomic E-state index is 0.224. The first-order valence-electron chi connectivity index (χ1n) is 9.01. The van der Waals surface area contributed by atoms with Gasteiger partial charge in [-0.2, -0.15) is 17.9 Å². The van der Waals surface area contributed by atoms with Gasteiger partial charge in [0.05, 0.1) is 11.3 Å². The quantitative estimate of drug-likeness (QED) is 0.731. The van der Waals surface area contributed by atoms with Crippen LogP contribution in [-0.2, 0) is 26.1 Å². The Bertz CT molecular complexity index is 1190. The Hall–Kier alpha value is -3.36. The number of halogens is 3. The van der Waals surface area contributed by atoms with Gasteiger partial charge in [0.15, 0.2) is 5.82 Å². The van der Waals surface area contributed by atoms with E-state index in [0.29, 0.717) is 29.9 Å². The van der Waals surface area contributed by atoms with Crippen molar-refractivity contribution < 1.29 is 13.2 Å². The van der Waals surface area contributed by atoms with Crippen molar-refractivity contribution in [1.29, 1.82) is 0 Å². The molecular formula is C20H17F3N4O2. The van der Waals surface area contributed by atoms with Crippen molar-refractivity contribution in [3.63, 3.8) is 0 Å². The number of fused-ring (bicyclic) bond motifs is 1. The number of nitrogens with one attached hydrogen (secondary N) is 1. The second-order valence-electron chi connectivity index (χ2n) is 6.88. The van der Waals surface area contributed by atoms with Crippen LogP contribution in [0.5, 0.6) is 0 Å². The lowest BCUT2D eigenvalue weighted by molar-refractivity contribution is -0.137. The molecule has 2 aromatic heterocycles. The summed E-state index contributed by atoms with van der Waals surface area (Å²) >= 11 is 0. The van der Waals surface area contributed by atoms with E-state index in [-0.39, 0.29) is 16.8 Å². The molecule has 0 saturated carbocycles. The third-order valence-corrected chi connectivity index (χ3v) is 4.97. The van der Waals surface area contributed by atoms with Crippen LogP contribution in [0.3, 0.4) is 0 Å². The number of hydrogen-bond donors (Lipinski definition) is 1. The lowest BCUT2D eigenvalue weighted by Crippen LogP contribution is -2.27. The summed E-state index contributed by atoms with van der Waals surface area (Å²) in [5.41, 5.74) is 0.411. The molecule has 29 heavy (non-hydrogen) atoms. The van der Waals surface area contributed by atoms with E-state index in [2.05, 4.69) is 10.4 Å². The van der Waals surface area contributed by atoms with Crippen LogP contribution in [-0.4, -0.2) is 14.3 Å². The SMILES string of the molecule is Cn1cccc(Nc2nn(-c3ccc(C(F)(F)F)cc3)c(=O)c3c2CCC3)c1=O. The highest BCUT2D eigenvalue weighted by atomic mass is 19.4. The number of aryl methyl sites for hydroxylation is 1. The third-order valence-electron chi connectivity index (χ3n) is 4.97. The van der Waals surface area contributed by atoms with Crippen LogP contribution < -0.4 is 16.4 Å². The second-order valence-corrected chi connectivity index (χ2v) is 6.88. The molecule has 0 atom stereocenters. The molecule has 0 bridgehead atoms. The molecule has 150 valence electrons. The molecule has 2 heterocycles. The van der Waals surface area contributed by atoms with Gasteiger partial charge >= 0.3 is 6.18 Å². The van der Waals surface area contributed by atoms with Gasteiger partial charge in [-0.1, -0.05) is 0 Å². The maximum atomic E-state index is 12.9. The minimum Gasteiger partial charge on any atom is -0.334 e. The van der Waals surface area contributed by atoms with Crippen LogP contribution in [0.15, 0.2) is 52.2 Å². The van der Waals surface area contributed by atoms with Gasteiger partial charge in [-0.05, 0) is 55.7 Å². The first-order chi connectivity index (χ1) is 13.8. The Kier molecular flexibility index (Phi) is 4.52. The van der Waals surface area contributed by atoms with Gasteiger partial charge < -0.3 is 9.88 Å². The van der Waals surface area contributed by atoms with E-state index in [1.807, 2.05) is 0 Å². The zero-order chi connectivity index (χ0) is 20.8. The number of rotatable bonds is 3. The smallest absolute Gasteiger partial charge is 0.334 e. The summed E-state index contributed by atoms with van der Waals surface area (Å²) in [5, 5.41) is 7.34. The molecule has 0 spiro atoms. The summed E-state index contributed by atoms with van der Waals surface area (Å²) in [5.74, 6) is 0.361. The van der Waals surface area contributed by atoms with E-state index in [1.54, 1.807) is 25.4 Å². The van der Waals surface area contributed by atoms with Crippen molar-refractivity contribution in [1.82, 2.24) is 14.3 Å². The van der Waals surface area contributed by atoms with Crippen molar-refractivity contribution in [2.45, 2.75) is 25.4 Å². The van der Waals surface area contributed by atoms with Crippen LogP contribution in [0.2, 0.25) is 0 Å². The molecule has 0 radical (unpaired) electrons. The topological polar surface area (TPSA) is 68.9 Å². The van der Waals surface area contributed by atoms with Crippen LogP contribution in [0.25, 0.3) is 5.69 Å². The summed E-state index contributed by atoms with van der Waals surface area (Å²) in [6, 6.07) is 7.57. The zero-order valence-electron chi connectivity index (χ0n) is 15.5. The number of benzene rings is 1. The maximum Gasteiger partial charge on any atom is 0.416 e. The lowest BCUT2D eigenvalue weighted by atomic mass is 10.1. The summed E-state index contributed by atoms with van der Waals surface area (Å²) < 4.78 is 41.0. The molecule has 6 nitrogen and oxygen atoms in total. The van der Waals surface area contributed by atoms with E-state index in [1.165, 1.54) is 16.7 Å². The Labute approximate surface area is 163 Å². The first kappa shape index (κ1) is 19.0. The number of aromatic nitrogens is 3. The van der Waals surface area contributed by atoms with E-state index in [9.17, 15) is 22.8 Å². The Morgan fingerprint density at radius 2 is 1.69 bits per heavy atom. The summed E-state index contributed by atoms with van der Waals surface area (Å²) in [4.78, 5) is 25.2. The highest BCUT2D eigenvalue weighted by molar-refractivity contribution is 5.60. The number of pyridine rings is 1. The largest absolute Gasteiger partial charge is 0.416 e. The van der Waals surface area contributed by atoms with Crippen LogP contribution in [0.1, 0.15) is 23.1 Å². The Balaban J connectivity index is 1.82. The van der Waals surface area contributed by atoms with Crippen LogP contribution in [0, 0.1) is 0 Å². The van der Waals surface area contributed by atoms with Crippen molar-refractivity contribution >= 4 is 11.5 Å².